The molecule has 146 valence electrons. The summed E-state index contributed by atoms with van der Waals surface area (Å²) >= 11 is 1.46. The Kier molecular flexibility index (Phi) is 5.15. The highest BCUT2D eigenvalue weighted by Crippen LogP contribution is 2.25. The second-order valence-corrected chi connectivity index (χ2v) is 9.31. The van der Waals surface area contributed by atoms with Crippen LogP contribution in [-0.4, -0.2) is 49.9 Å². The van der Waals surface area contributed by atoms with Crippen LogP contribution in [0.25, 0.3) is 10.2 Å². The maximum Gasteiger partial charge on any atom is 0.255 e. The molecule has 1 amide bonds. The summed E-state index contributed by atoms with van der Waals surface area (Å²) in [6.07, 6.45) is 0. The predicted octanol–water partition coefficient (Wildman–Crippen LogP) is 2.88. The molecule has 9 heteroatoms. The van der Waals surface area contributed by atoms with Crippen molar-refractivity contribution in [2.45, 2.75) is 11.8 Å². The van der Waals surface area contributed by atoms with Gasteiger partial charge in [-0.1, -0.05) is 6.07 Å². The summed E-state index contributed by atoms with van der Waals surface area (Å²) in [5, 5.41) is 2.84. The molecule has 28 heavy (non-hydrogen) atoms. The minimum atomic E-state index is -3.63. The van der Waals surface area contributed by atoms with Gasteiger partial charge in [0.05, 0.1) is 33.8 Å². The first-order valence-corrected chi connectivity index (χ1v) is 11.1. The first kappa shape index (κ1) is 19.0. The number of aryl methyl sites for hydroxylation is 1. The molecule has 7 nitrogen and oxygen atoms in total. The lowest BCUT2D eigenvalue weighted by atomic mass is 10.1. The Hall–Kier alpha value is -2.33. The molecule has 1 aliphatic heterocycles. The minimum Gasteiger partial charge on any atom is -0.379 e. The van der Waals surface area contributed by atoms with Crippen LogP contribution in [0.15, 0.2) is 46.8 Å². The fourth-order valence-electron chi connectivity index (χ4n) is 3.02. The topological polar surface area (TPSA) is 88.6 Å². The predicted molar refractivity (Wildman–Crippen MR) is 108 cm³/mol. The lowest BCUT2D eigenvalue weighted by Gasteiger charge is -2.26. The van der Waals surface area contributed by atoms with Crippen molar-refractivity contribution in [3.8, 4) is 0 Å². The van der Waals surface area contributed by atoms with Gasteiger partial charge in [-0.15, -0.1) is 11.3 Å². The van der Waals surface area contributed by atoms with Gasteiger partial charge in [0.1, 0.15) is 0 Å². The fourth-order valence-corrected chi connectivity index (χ4v) is 5.17. The van der Waals surface area contributed by atoms with E-state index in [0.29, 0.717) is 37.6 Å². The number of nitrogens with one attached hydrogen (secondary N) is 1. The first-order chi connectivity index (χ1) is 13.4. The molecule has 2 heterocycles. The molecule has 1 aromatic heterocycles. The van der Waals surface area contributed by atoms with E-state index < -0.39 is 10.0 Å². The lowest BCUT2D eigenvalue weighted by Crippen LogP contribution is -2.40. The van der Waals surface area contributed by atoms with Crippen LogP contribution >= 0.6 is 11.3 Å². The number of sulfonamides is 1. The highest BCUT2D eigenvalue weighted by molar-refractivity contribution is 7.89. The smallest absolute Gasteiger partial charge is 0.255 e. The molecule has 4 rings (SSSR count). The Balaban J connectivity index is 1.60. The third-order valence-corrected chi connectivity index (χ3v) is 7.34. The third-order valence-electron chi connectivity index (χ3n) is 4.66. The van der Waals surface area contributed by atoms with E-state index >= 15 is 0 Å². The maximum absolute atomic E-state index is 12.9. The number of thiazole rings is 1. The molecule has 3 aromatic rings. The number of nitrogens with zero attached hydrogens (tertiary/aromatic N) is 2. The number of benzene rings is 2. The van der Waals surface area contributed by atoms with Gasteiger partial charge >= 0.3 is 0 Å². The van der Waals surface area contributed by atoms with Gasteiger partial charge in [-0.3, -0.25) is 4.79 Å². The molecule has 1 N–H and O–H groups in total. The van der Waals surface area contributed by atoms with Gasteiger partial charge in [-0.25, -0.2) is 13.4 Å². The molecule has 2 aromatic carbocycles. The van der Waals surface area contributed by atoms with E-state index in [1.165, 1.54) is 21.7 Å². The Labute approximate surface area is 167 Å². The number of hydrogen-bond donors (Lipinski definition) is 1. The number of morpholine rings is 1. The molecule has 0 aliphatic carbocycles. The molecule has 0 radical (unpaired) electrons. The number of fused-ring (bicyclic) bond motifs is 1. The van der Waals surface area contributed by atoms with E-state index in [4.69, 9.17) is 4.74 Å². The number of carbonyl (C=O) groups is 1. The summed E-state index contributed by atoms with van der Waals surface area (Å²) in [6, 6.07) is 10.1. The molecular formula is C19H19N3O4S2. The number of ether oxygens (including phenoxy) is 1. The monoisotopic (exact) mass is 417 g/mol. The van der Waals surface area contributed by atoms with Crippen LogP contribution in [0.3, 0.4) is 0 Å². The number of hydrogen-bond acceptors (Lipinski definition) is 6. The largest absolute Gasteiger partial charge is 0.379 e. The zero-order chi connectivity index (χ0) is 19.7. The molecule has 0 atom stereocenters. The SMILES string of the molecule is Cc1ccc(S(=O)(=O)N2CCOCC2)cc1NC(=O)c1ccc2ncsc2c1. The standard InChI is InChI=1S/C19H19N3O4S2/c1-13-2-4-15(28(24,25)22-6-8-26-9-7-22)11-17(13)21-19(23)14-3-5-16-18(10-14)27-12-20-16/h2-5,10-12H,6-9H2,1H3,(H,21,23). The minimum absolute atomic E-state index is 0.160. The third kappa shape index (κ3) is 3.66. The average molecular weight is 418 g/mol. The van der Waals surface area contributed by atoms with Crippen LogP contribution in [0.2, 0.25) is 0 Å². The average Bonchev–Trinajstić information content (AvgIpc) is 3.18. The molecule has 0 unspecified atom stereocenters. The van der Waals surface area contributed by atoms with Crippen LogP contribution in [0.4, 0.5) is 5.69 Å². The number of aromatic nitrogens is 1. The number of carbonyl (C=O) groups excluding carboxylic acids is 1. The van der Waals surface area contributed by atoms with E-state index in [9.17, 15) is 13.2 Å². The number of anilines is 1. The van der Waals surface area contributed by atoms with E-state index in [0.717, 1.165) is 15.8 Å². The highest BCUT2D eigenvalue weighted by Gasteiger charge is 2.27. The van der Waals surface area contributed by atoms with Crippen molar-refractivity contribution < 1.29 is 17.9 Å². The Bertz CT molecular complexity index is 1140. The lowest BCUT2D eigenvalue weighted by molar-refractivity contribution is 0.0730. The van der Waals surface area contributed by atoms with E-state index in [-0.39, 0.29) is 10.8 Å². The molecule has 0 saturated carbocycles. The van der Waals surface area contributed by atoms with Crippen LogP contribution in [-0.2, 0) is 14.8 Å². The first-order valence-electron chi connectivity index (χ1n) is 8.78. The second kappa shape index (κ2) is 7.59. The highest BCUT2D eigenvalue weighted by atomic mass is 32.2. The van der Waals surface area contributed by atoms with Gasteiger partial charge in [-0.2, -0.15) is 4.31 Å². The Morgan fingerprint density at radius 1 is 1.18 bits per heavy atom. The van der Waals surface area contributed by atoms with Crippen LogP contribution in [0, 0.1) is 6.92 Å². The second-order valence-electron chi connectivity index (χ2n) is 6.48. The molecule has 1 aliphatic rings. The summed E-state index contributed by atoms with van der Waals surface area (Å²) in [5.41, 5.74) is 4.34. The van der Waals surface area contributed by atoms with Gasteiger partial charge < -0.3 is 10.1 Å². The van der Waals surface area contributed by atoms with Gasteiger partial charge in [0.15, 0.2) is 0 Å². The molecule has 1 saturated heterocycles. The van der Waals surface area contributed by atoms with E-state index in [2.05, 4.69) is 10.3 Å². The maximum atomic E-state index is 12.9. The van der Waals surface area contributed by atoms with Gasteiger partial charge in [0.25, 0.3) is 5.91 Å². The zero-order valence-electron chi connectivity index (χ0n) is 15.2. The van der Waals surface area contributed by atoms with Crippen molar-refractivity contribution in [2.24, 2.45) is 0 Å². The van der Waals surface area contributed by atoms with Crippen LogP contribution < -0.4 is 5.32 Å². The summed E-state index contributed by atoms with van der Waals surface area (Å²) < 4.78 is 33.3. The van der Waals surface area contributed by atoms with Crippen LogP contribution in [0.5, 0.6) is 0 Å². The van der Waals surface area contributed by atoms with Crippen LogP contribution in [0.1, 0.15) is 15.9 Å². The molecular weight excluding hydrogens is 398 g/mol. The summed E-state index contributed by atoms with van der Waals surface area (Å²) in [7, 11) is -3.63. The van der Waals surface area contributed by atoms with Gasteiger partial charge in [0.2, 0.25) is 10.0 Å². The van der Waals surface area contributed by atoms with Crippen molar-refractivity contribution in [3.05, 3.63) is 53.0 Å². The van der Waals surface area contributed by atoms with Crippen molar-refractivity contribution in [3.63, 3.8) is 0 Å². The quantitative estimate of drug-likeness (QED) is 0.705. The van der Waals surface area contributed by atoms with E-state index in [1.54, 1.807) is 35.8 Å². The zero-order valence-corrected chi connectivity index (χ0v) is 16.8. The van der Waals surface area contributed by atoms with Crippen molar-refractivity contribution in [1.82, 2.24) is 9.29 Å². The van der Waals surface area contributed by atoms with Crippen molar-refractivity contribution >= 4 is 43.2 Å². The summed E-state index contributed by atoms with van der Waals surface area (Å²) in [5.74, 6) is -0.292. The number of rotatable bonds is 4. The van der Waals surface area contributed by atoms with Crippen molar-refractivity contribution in [1.29, 1.82) is 0 Å². The van der Waals surface area contributed by atoms with Crippen molar-refractivity contribution in [2.75, 3.05) is 31.6 Å². The molecule has 0 bridgehead atoms. The van der Waals surface area contributed by atoms with E-state index in [1.807, 2.05) is 6.92 Å². The van der Waals surface area contributed by atoms with Gasteiger partial charge in [-0.05, 0) is 42.8 Å². The Morgan fingerprint density at radius 2 is 1.96 bits per heavy atom. The number of amides is 1. The summed E-state index contributed by atoms with van der Waals surface area (Å²) in [4.78, 5) is 17.1. The summed E-state index contributed by atoms with van der Waals surface area (Å²) in [6.45, 7) is 3.25. The van der Waals surface area contributed by atoms with Gasteiger partial charge in [0, 0.05) is 24.3 Å². The molecule has 1 fully saturated rings. The molecule has 0 spiro atoms. The fraction of sp³-hybridized carbons (Fsp3) is 0.263. The normalized spacial score (nSPS) is 15.6. The Morgan fingerprint density at radius 3 is 2.75 bits per heavy atom.